The third kappa shape index (κ3) is 3.71. The van der Waals surface area contributed by atoms with Crippen LogP contribution in [0.3, 0.4) is 0 Å². The lowest BCUT2D eigenvalue weighted by molar-refractivity contribution is -0.137. The molecule has 0 saturated carbocycles. The minimum atomic E-state index is -4.55. The number of hydrogen-bond donors (Lipinski definition) is 1. The van der Waals surface area contributed by atoms with E-state index in [1.807, 2.05) is 0 Å². The minimum Gasteiger partial charge on any atom is -0.317 e. The van der Waals surface area contributed by atoms with Crippen LogP contribution < -0.4 is 5.32 Å². The van der Waals surface area contributed by atoms with Gasteiger partial charge in [0.1, 0.15) is 0 Å². The number of nitrogens with zero attached hydrogens (tertiary/aromatic N) is 1. The molecule has 0 bridgehead atoms. The van der Waals surface area contributed by atoms with Crippen LogP contribution in [0.25, 0.3) is 0 Å². The standard InChI is InChI=1S/C15H19F3N2O2S.ClH/c16-15(17,18)12-2-1-3-13(10-12)23(21,22)20-9-6-14(11-20)4-7-19-8-5-14;/h1-3,10,19H,4-9,11H2;1H. The van der Waals surface area contributed by atoms with Crippen molar-refractivity contribution in [3.05, 3.63) is 29.8 Å². The van der Waals surface area contributed by atoms with Crippen molar-refractivity contribution in [2.45, 2.75) is 30.3 Å². The summed E-state index contributed by atoms with van der Waals surface area (Å²) in [7, 11) is -3.88. The summed E-state index contributed by atoms with van der Waals surface area (Å²) in [6.45, 7) is 2.49. The molecule has 1 spiro atoms. The molecule has 0 amide bonds. The Morgan fingerprint density at radius 3 is 2.42 bits per heavy atom. The van der Waals surface area contributed by atoms with Crippen molar-refractivity contribution in [3.63, 3.8) is 0 Å². The van der Waals surface area contributed by atoms with Gasteiger partial charge in [-0.25, -0.2) is 8.42 Å². The topological polar surface area (TPSA) is 49.4 Å². The summed E-state index contributed by atoms with van der Waals surface area (Å²) in [6.07, 6.45) is -1.97. The smallest absolute Gasteiger partial charge is 0.317 e. The number of alkyl halides is 3. The molecule has 0 unspecified atom stereocenters. The minimum absolute atomic E-state index is 0. The van der Waals surface area contributed by atoms with Gasteiger partial charge in [0.05, 0.1) is 10.5 Å². The van der Waals surface area contributed by atoms with Crippen molar-refractivity contribution in [3.8, 4) is 0 Å². The molecule has 9 heteroatoms. The molecule has 0 aliphatic carbocycles. The first-order valence-electron chi connectivity index (χ1n) is 7.61. The SMILES string of the molecule is Cl.O=S(=O)(c1cccc(C(F)(F)F)c1)N1CCC2(CCNCC2)C1. The molecule has 1 aromatic rings. The van der Waals surface area contributed by atoms with E-state index in [0.717, 1.165) is 50.6 Å². The van der Waals surface area contributed by atoms with E-state index >= 15 is 0 Å². The van der Waals surface area contributed by atoms with Crippen LogP contribution in [-0.4, -0.2) is 38.9 Å². The monoisotopic (exact) mass is 384 g/mol. The Morgan fingerprint density at radius 1 is 1.12 bits per heavy atom. The molecule has 2 fully saturated rings. The lowest BCUT2D eigenvalue weighted by Crippen LogP contribution is -2.39. The first kappa shape index (κ1) is 19.5. The van der Waals surface area contributed by atoms with Crippen LogP contribution in [-0.2, 0) is 16.2 Å². The Labute approximate surface area is 145 Å². The number of hydrogen-bond acceptors (Lipinski definition) is 3. The maximum Gasteiger partial charge on any atom is 0.416 e. The number of rotatable bonds is 2. The van der Waals surface area contributed by atoms with Gasteiger partial charge in [0.15, 0.2) is 0 Å². The van der Waals surface area contributed by atoms with E-state index in [0.29, 0.717) is 13.1 Å². The first-order chi connectivity index (χ1) is 10.7. The maximum absolute atomic E-state index is 12.8. The molecular weight excluding hydrogens is 365 g/mol. The predicted octanol–water partition coefficient (Wildman–Crippen LogP) is 2.89. The van der Waals surface area contributed by atoms with Gasteiger partial charge < -0.3 is 5.32 Å². The maximum atomic E-state index is 12.8. The molecule has 2 aliphatic heterocycles. The van der Waals surface area contributed by atoms with E-state index in [4.69, 9.17) is 0 Å². The molecule has 0 radical (unpaired) electrons. The van der Waals surface area contributed by atoms with Gasteiger partial charge >= 0.3 is 6.18 Å². The summed E-state index contributed by atoms with van der Waals surface area (Å²) in [5, 5.41) is 3.25. The number of benzene rings is 1. The Hall–Kier alpha value is -0.830. The fraction of sp³-hybridized carbons (Fsp3) is 0.600. The number of sulfonamides is 1. The number of halogens is 4. The van der Waals surface area contributed by atoms with Crippen molar-refractivity contribution >= 4 is 22.4 Å². The van der Waals surface area contributed by atoms with Crippen molar-refractivity contribution in [2.24, 2.45) is 5.41 Å². The van der Waals surface area contributed by atoms with Crippen molar-refractivity contribution in [1.29, 1.82) is 0 Å². The van der Waals surface area contributed by atoms with Crippen LogP contribution in [0.4, 0.5) is 13.2 Å². The zero-order chi connectivity index (χ0) is 16.7. The summed E-state index contributed by atoms with van der Waals surface area (Å²) in [6, 6.07) is 3.99. The van der Waals surface area contributed by atoms with Gasteiger partial charge in [-0.2, -0.15) is 17.5 Å². The highest BCUT2D eigenvalue weighted by atomic mass is 35.5. The lowest BCUT2D eigenvalue weighted by Gasteiger charge is -2.33. The second-order valence-electron chi connectivity index (χ2n) is 6.36. The predicted molar refractivity (Wildman–Crippen MR) is 86.6 cm³/mol. The van der Waals surface area contributed by atoms with Gasteiger partial charge in [-0.1, -0.05) is 6.07 Å². The van der Waals surface area contributed by atoms with Gasteiger partial charge in [0.2, 0.25) is 10.0 Å². The molecule has 1 N–H and O–H groups in total. The third-order valence-corrected chi connectivity index (χ3v) is 6.71. The van der Waals surface area contributed by atoms with Crippen molar-refractivity contribution < 1.29 is 21.6 Å². The zero-order valence-electron chi connectivity index (χ0n) is 13.0. The molecular formula is C15H20ClF3N2O2S. The largest absolute Gasteiger partial charge is 0.416 e. The lowest BCUT2D eigenvalue weighted by atomic mass is 9.78. The Balaban J connectivity index is 0.00000208. The zero-order valence-corrected chi connectivity index (χ0v) is 14.6. The Bertz CT molecular complexity index is 688. The molecule has 0 atom stereocenters. The van der Waals surface area contributed by atoms with E-state index in [1.54, 1.807) is 0 Å². The molecule has 2 aliphatic rings. The quantitative estimate of drug-likeness (QED) is 0.853. The fourth-order valence-corrected chi connectivity index (χ4v) is 5.05. The highest BCUT2D eigenvalue weighted by Crippen LogP contribution is 2.41. The molecule has 0 aromatic heterocycles. The number of piperidine rings is 1. The molecule has 4 nitrogen and oxygen atoms in total. The summed E-state index contributed by atoms with van der Waals surface area (Å²) < 4.78 is 65.1. The molecule has 3 rings (SSSR count). The normalized spacial score (nSPS) is 21.6. The van der Waals surface area contributed by atoms with E-state index in [9.17, 15) is 21.6 Å². The third-order valence-electron chi connectivity index (χ3n) is 4.87. The van der Waals surface area contributed by atoms with Gasteiger partial charge in [0.25, 0.3) is 0 Å². The van der Waals surface area contributed by atoms with E-state index in [-0.39, 0.29) is 22.7 Å². The molecule has 136 valence electrons. The van der Waals surface area contributed by atoms with Crippen LogP contribution in [0.1, 0.15) is 24.8 Å². The average Bonchev–Trinajstić information content (AvgIpc) is 2.92. The fourth-order valence-electron chi connectivity index (χ4n) is 3.45. The molecule has 1 aromatic carbocycles. The average molecular weight is 385 g/mol. The molecule has 2 saturated heterocycles. The van der Waals surface area contributed by atoms with Crippen LogP contribution in [0.2, 0.25) is 0 Å². The second-order valence-corrected chi connectivity index (χ2v) is 8.30. The summed E-state index contributed by atoms with van der Waals surface area (Å²) in [5.74, 6) is 0. The van der Waals surface area contributed by atoms with Gasteiger partial charge in [-0.05, 0) is 56.0 Å². The Morgan fingerprint density at radius 2 is 1.79 bits per heavy atom. The number of nitrogens with one attached hydrogen (secondary N) is 1. The summed E-state index contributed by atoms with van der Waals surface area (Å²) >= 11 is 0. The molecule has 2 heterocycles. The summed E-state index contributed by atoms with van der Waals surface area (Å²) in [4.78, 5) is -0.279. The van der Waals surface area contributed by atoms with Crippen LogP contribution in [0, 0.1) is 5.41 Å². The van der Waals surface area contributed by atoms with Crippen LogP contribution in [0.5, 0.6) is 0 Å². The van der Waals surface area contributed by atoms with Crippen LogP contribution in [0.15, 0.2) is 29.2 Å². The van der Waals surface area contributed by atoms with Crippen molar-refractivity contribution in [2.75, 3.05) is 26.2 Å². The van der Waals surface area contributed by atoms with E-state index < -0.39 is 21.8 Å². The highest BCUT2D eigenvalue weighted by molar-refractivity contribution is 7.89. The van der Waals surface area contributed by atoms with Gasteiger partial charge in [0, 0.05) is 13.1 Å². The second kappa shape index (κ2) is 6.82. The van der Waals surface area contributed by atoms with Crippen molar-refractivity contribution in [1.82, 2.24) is 9.62 Å². The van der Waals surface area contributed by atoms with E-state index in [2.05, 4.69) is 5.32 Å². The first-order valence-corrected chi connectivity index (χ1v) is 9.05. The highest BCUT2D eigenvalue weighted by Gasteiger charge is 2.43. The summed E-state index contributed by atoms with van der Waals surface area (Å²) in [5.41, 5.74) is -0.964. The Kier molecular flexibility index (Phi) is 5.54. The van der Waals surface area contributed by atoms with Crippen LogP contribution >= 0.6 is 12.4 Å². The van der Waals surface area contributed by atoms with Gasteiger partial charge in [-0.3, -0.25) is 0 Å². The molecule has 24 heavy (non-hydrogen) atoms. The van der Waals surface area contributed by atoms with E-state index in [1.165, 1.54) is 10.4 Å². The van der Waals surface area contributed by atoms with Gasteiger partial charge in [-0.15, -0.1) is 12.4 Å².